The molecule has 0 aromatic heterocycles. The monoisotopic (exact) mass is 262 g/mol. The molecule has 0 amide bonds. The van der Waals surface area contributed by atoms with E-state index in [9.17, 15) is 5.11 Å². The lowest BCUT2D eigenvalue weighted by Crippen LogP contribution is -2.56. The van der Waals surface area contributed by atoms with Crippen molar-refractivity contribution in [2.24, 2.45) is 5.92 Å². The van der Waals surface area contributed by atoms with Crippen LogP contribution in [0.2, 0.25) is 18.1 Å². The third-order valence-electron chi connectivity index (χ3n) is 5.22. The Morgan fingerprint density at radius 2 is 1.56 bits per heavy atom. The highest BCUT2D eigenvalue weighted by molar-refractivity contribution is 6.82. The highest BCUT2D eigenvalue weighted by Crippen LogP contribution is 2.53. The van der Waals surface area contributed by atoms with E-state index in [0.717, 1.165) is 0 Å². The quantitative estimate of drug-likeness (QED) is 0.756. The molecule has 0 spiro atoms. The van der Waals surface area contributed by atoms with Crippen LogP contribution >= 0.6 is 0 Å². The summed E-state index contributed by atoms with van der Waals surface area (Å²) in [5.41, 5.74) is 1.18. The van der Waals surface area contributed by atoms with Crippen LogP contribution in [0.25, 0.3) is 0 Å². The standard InChI is InChI=1S/C16H26OSi/c1-4-18(5-2,6-3)16(17,15-12-13-15)14-10-8-7-9-11-14/h7-11,15,17H,4-6,12-13H2,1-3H3. The first-order chi connectivity index (χ1) is 8.64. The molecular weight excluding hydrogens is 236 g/mol. The molecule has 1 fully saturated rings. The van der Waals surface area contributed by atoms with Crippen LogP contribution in [0.3, 0.4) is 0 Å². The molecule has 1 saturated carbocycles. The molecule has 0 bridgehead atoms. The summed E-state index contributed by atoms with van der Waals surface area (Å²) in [5.74, 6) is 0.520. The molecule has 1 N–H and O–H groups in total. The van der Waals surface area contributed by atoms with Gasteiger partial charge in [-0.05, 0) is 24.3 Å². The van der Waals surface area contributed by atoms with Crippen molar-refractivity contribution in [3.05, 3.63) is 35.9 Å². The number of rotatable bonds is 6. The van der Waals surface area contributed by atoms with Crippen LogP contribution in [0.4, 0.5) is 0 Å². The molecular formula is C16H26OSi. The highest BCUT2D eigenvalue weighted by Gasteiger charge is 2.57. The van der Waals surface area contributed by atoms with Crippen molar-refractivity contribution in [3.8, 4) is 0 Å². The van der Waals surface area contributed by atoms with Crippen LogP contribution < -0.4 is 0 Å². The Hall–Kier alpha value is -0.603. The van der Waals surface area contributed by atoms with E-state index in [4.69, 9.17) is 0 Å². The van der Waals surface area contributed by atoms with Gasteiger partial charge in [0.15, 0.2) is 0 Å². The van der Waals surface area contributed by atoms with Gasteiger partial charge in [0, 0.05) is 0 Å². The van der Waals surface area contributed by atoms with Crippen molar-refractivity contribution in [1.29, 1.82) is 0 Å². The Kier molecular flexibility index (Phi) is 3.98. The average Bonchev–Trinajstić information content (AvgIpc) is 3.26. The maximum Gasteiger partial charge on any atom is 0.0964 e. The predicted molar refractivity (Wildman–Crippen MR) is 80.3 cm³/mol. The van der Waals surface area contributed by atoms with Crippen molar-refractivity contribution < 1.29 is 5.11 Å². The Labute approximate surface area is 112 Å². The first-order valence-electron chi connectivity index (χ1n) is 7.42. The molecule has 1 atom stereocenters. The normalized spacial score (nSPS) is 19.6. The van der Waals surface area contributed by atoms with E-state index in [1.165, 1.54) is 36.5 Å². The summed E-state index contributed by atoms with van der Waals surface area (Å²) >= 11 is 0. The fourth-order valence-corrected chi connectivity index (χ4v) is 8.78. The van der Waals surface area contributed by atoms with Crippen LogP contribution in [-0.4, -0.2) is 13.2 Å². The minimum absolute atomic E-state index is 0.494. The predicted octanol–water partition coefficient (Wildman–Crippen LogP) is 4.33. The van der Waals surface area contributed by atoms with Crippen molar-refractivity contribution in [2.45, 2.75) is 57.0 Å². The van der Waals surface area contributed by atoms with Gasteiger partial charge in [-0.1, -0.05) is 69.2 Å². The van der Waals surface area contributed by atoms with Gasteiger partial charge in [-0.15, -0.1) is 0 Å². The van der Waals surface area contributed by atoms with Gasteiger partial charge in [0.05, 0.1) is 13.3 Å². The number of hydrogen-bond acceptors (Lipinski definition) is 1. The highest BCUT2D eigenvalue weighted by atomic mass is 28.3. The Morgan fingerprint density at radius 3 is 1.94 bits per heavy atom. The van der Waals surface area contributed by atoms with Crippen molar-refractivity contribution >= 4 is 8.07 Å². The molecule has 2 rings (SSSR count). The van der Waals surface area contributed by atoms with Gasteiger partial charge in [0.2, 0.25) is 0 Å². The van der Waals surface area contributed by atoms with Gasteiger partial charge in [-0.25, -0.2) is 0 Å². The molecule has 18 heavy (non-hydrogen) atoms. The maximum atomic E-state index is 11.6. The zero-order valence-corrected chi connectivity index (χ0v) is 12.9. The molecule has 2 heteroatoms. The van der Waals surface area contributed by atoms with Gasteiger partial charge in [0.25, 0.3) is 0 Å². The smallest absolute Gasteiger partial charge is 0.0964 e. The Morgan fingerprint density at radius 1 is 1.06 bits per heavy atom. The second kappa shape index (κ2) is 5.18. The van der Waals surface area contributed by atoms with Gasteiger partial charge in [0.1, 0.15) is 0 Å². The number of benzene rings is 1. The van der Waals surface area contributed by atoms with Crippen LogP contribution in [0.5, 0.6) is 0 Å². The fourth-order valence-electron chi connectivity index (χ4n) is 3.73. The van der Waals surface area contributed by atoms with E-state index in [0.29, 0.717) is 5.92 Å². The SMILES string of the molecule is CC[Si](CC)(CC)C(O)(c1ccccc1)C1CC1. The topological polar surface area (TPSA) is 20.2 Å². The Bertz CT molecular complexity index is 373. The van der Waals surface area contributed by atoms with Gasteiger partial charge >= 0.3 is 0 Å². The zero-order chi connectivity index (χ0) is 13.2. The molecule has 1 unspecified atom stereocenters. The minimum Gasteiger partial charge on any atom is -0.389 e. The van der Waals surface area contributed by atoms with E-state index in [-0.39, 0.29) is 0 Å². The van der Waals surface area contributed by atoms with Gasteiger partial charge in [-0.2, -0.15) is 0 Å². The van der Waals surface area contributed by atoms with Crippen molar-refractivity contribution in [1.82, 2.24) is 0 Å². The second-order valence-corrected chi connectivity index (χ2v) is 11.2. The third kappa shape index (κ3) is 1.96. The lowest BCUT2D eigenvalue weighted by molar-refractivity contribution is 0.0866. The molecule has 0 heterocycles. The summed E-state index contributed by atoms with van der Waals surface area (Å²) in [6, 6.07) is 14.0. The lowest BCUT2D eigenvalue weighted by atomic mass is 10.0. The summed E-state index contributed by atoms with van der Waals surface area (Å²) in [6.45, 7) is 6.86. The molecule has 100 valence electrons. The van der Waals surface area contributed by atoms with Crippen LogP contribution in [0.1, 0.15) is 39.2 Å². The fraction of sp³-hybridized carbons (Fsp3) is 0.625. The molecule has 1 aromatic rings. The average molecular weight is 262 g/mol. The largest absolute Gasteiger partial charge is 0.389 e. The number of hydrogen-bond donors (Lipinski definition) is 1. The third-order valence-corrected chi connectivity index (χ3v) is 11.6. The molecule has 0 saturated heterocycles. The molecule has 0 aliphatic heterocycles. The van der Waals surface area contributed by atoms with E-state index in [1.54, 1.807) is 0 Å². The first kappa shape index (κ1) is 13.8. The summed E-state index contributed by atoms with van der Waals surface area (Å²) in [7, 11) is -1.66. The van der Waals surface area contributed by atoms with Crippen molar-refractivity contribution in [2.75, 3.05) is 0 Å². The second-order valence-electron chi connectivity index (χ2n) is 5.75. The van der Waals surface area contributed by atoms with Crippen LogP contribution in [-0.2, 0) is 5.22 Å². The van der Waals surface area contributed by atoms with Crippen LogP contribution in [0.15, 0.2) is 30.3 Å². The minimum atomic E-state index is -1.66. The molecule has 1 aliphatic rings. The summed E-state index contributed by atoms with van der Waals surface area (Å²) < 4.78 is 0. The van der Waals surface area contributed by atoms with E-state index in [1.807, 2.05) is 6.07 Å². The van der Waals surface area contributed by atoms with Crippen molar-refractivity contribution in [3.63, 3.8) is 0 Å². The molecule has 0 radical (unpaired) electrons. The number of aliphatic hydroxyl groups is 1. The maximum absolute atomic E-state index is 11.6. The van der Waals surface area contributed by atoms with E-state index >= 15 is 0 Å². The van der Waals surface area contributed by atoms with Crippen LogP contribution in [0, 0.1) is 5.92 Å². The van der Waals surface area contributed by atoms with E-state index in [2.05, 4.69) is 45.0 Å². The summed E-state index contributed by atoms with van der Waals surface area (Å²) in [4.78, 5) is 0. The molecule has 1 aromatic carbocycles. The molecule has 1 nitrogen and oxygen atoms in total. The summed E-state index contributed by atoms with van der Waals surface area (Å²) in [5, 5.41) is 11.1. The molecule has 1 aliphatic carbocycles. The first-order valence-corrected chi connectivity index (χ1v) is 10.0. The summed E-state index contributed by atoms with van der Waals surface area (Å²) in [6.07, 6.45) is 2.42. The van der Waals surface area contributed by atoms with E-state index < -0.39 is 13.3 Å². The van der Waals surface area contributed by atoms with Gasteiger partial charge < -0.3 is 5.11 Å². The lowest BCUT2D eigenvalue weighted by Gasteiger charge is -2.46. The van der Waals surface area contributed by atoms with Gasteiger partial charge in [-0.3, -0.25) is 0 Å². The zero-order valence-electron chi connectivity index (χ0n) is 11.9. The Balaban J connectivity index is 2.50.